The smallest absolute Gasteiger partial charge is 0.0734 e. The number of thiophene rings is 1. The molecule has 2 heterocycles. The molecule has 0 atom stereocenters. The van der Waals surface area contributed by atoms with Gasteiger partial charge < -0.3 is 9.47 Å². The summed E-state index contributed by atoms with van der Waals surface area (Å²) in [4.78, 5) is 2.38. The molecule has 0 aliphatic heterocycles. The van der Waals surface area contributed by atoms with Crippen molar-refractivity contribution in [2.45, 2.75) is 0 Å². The summed E-state index contributed by atoms with van der Waals surface area (Å²) in [5, 5.41) is 5.12. The van der Waals surface area contributed by atoms with E-state index in [-0.39, 0.29) is 0 Å². The lowest BCUT2D eigenvalue weighted by molar-refractivity contribution is 1.19. The number of benzene rings is 6. The lowest BCUT2D eigenvalue weighted by Gasteiger charge is -2.27. The standard InChI is InChI=1S/C36H24N2S/c1-4-14-25(15-5-1)37(26-16-6-2-7-17-26)32-24-33-34(29-21-11-10-20-28(29)32)35-36(39-33)30-22-12-13-23-31(30)38(35)27-18-8-3-9-19-27/h1-24H. The number of aromatic nitrogens is 1. The SMILES string of the molecule is c1ccc(N(c2ccccc2)c2cc3sc4c5ccccc5n(-c5ccccc5)c4c3c3ccccc23)cc1. The molecule has 2 aromatic heterocycles. The van der Waals surface area contributed by atoms with E-state index < -0.39 is 0 Å². The Hall–Kier alpha value is -4.86. The van der Waals surface area contributed by atoms with Crippen LogP contribution in [0.1, 0.15) is 0 Å². The number of hydrogen-bond acceptors (Lipinski definition) is 2. The van der Waals surface area contributed by atoms with Gasteiger partial charge in [-0.2, -0.15) is 0 Å². The molecule has 0 fully saturated rings. The maximum atomic E-state index is 2.45. The van der Waals surface area contributed by atoms with Crippen molar-refractivity contribution in [2.75, 3.05) is 4.90 Å². The van der Waals surface area contributed by atoms with Crippen molar-refractivity contribution in [1.82, 2.24) is 4.57 Å². The van der Waals surface area contributed by atoms with Gasteiger partial charge in [-0.1, -0.05) is 97.1 Å². The molecule has 0 unspecified atom stereocenters. The maximum Gasteiger partial charge on any atom is 0.0734 e. The summed E-state index contributed by atoms with van der Waals surface area (Å²) in [5.74, 6) is 0. The molecule has 0 radical (unpaired) electrons. The van der Waals surface area contributed by atoms with Crippen molar-refractivity contribution >= 4 is 70.4 Å². The van der Waals surface area contributed by atoms with Crippen molar-refractivity contribution < 1.29 is 0 Å². The van der Waals surface area contributed by atoms with Gasteiger partial charge in [-0.25, -0.2) is 0 Å². The van der Waals surface area contributed by atoms with Crippen molar-refractivity contribution in [3.63, 3.8) is 0 Å². The van der Waals surface area contributed by atoms with Gasteiger partial charge in [0.25, 0.3) is 0 Å². The Morgan fingerprint density at radius 1 is 0.513 bits per heavy atom. The van der Waals surface area contributed by atoms with Gasteiger partial charge in [0.15, 0.2) is 0 Å². The minimum Gasteiger partial charge on any atom is -0.310 e. The topological polar surface area (TPSA) is 8.17 Å². The number of rotatable bonds is 4. The summed E-state index contributed by atoms with van der Waals surface area (Å²) in [6, 6.07) is 52.2. The quantitative estimate of drug-likeness (QED) is 0.226. The van der Waals surface area contributed by atoms with Gasteiger partial charge in [0.2, 0.25) is 0 Å². The second kappa shape index (κ2) is 8.87. The molecule has 0 amide bonds. The molecule has 8 aromatic rings. The molecular weight excluding hydrogens is 492 g/mol. The number of hydrogen-bond donors (Lipinski definition) is 0. The zero-order chi connectivity index (χ0) is 25.8. The predicted octanol–water partition coefficient (Wildman–Crippen LogP) is 10.6. The Balaban J connectivity index is 1.53. The van der Waals surface area contributed by atoms with Crippen LogP contribution in [0.5, 0.6) is 0 Å². The highest BCUT2D eigenvalue weighted by molar-refractivity contribution is 7.27. The zero-order valence-electron chi connectivity index (χ0n) is 21.2. The Morgan fingerprint density at radius 2 is 1.05 bits per heavy atom. The molecule has 0 aliphatic carbocycles. The van der Waals surface area contributed by atoms with Crippen LogP contribution < -0.4 is 4.90 Å². The fourth-order valence-corrected chi connectivity index (χ4v) is 7.19. The van der Waals surface area contributed by atoms with Crippen LogP contribution in [-0.4, -0.2) is 4.57 Å². The van der Waals surface area contributed by atoms with Gasteiger partial charge in [-0.05, 0) is 53.9 Å². The monoisotopic (exact) mass is 516 g/mol. The van der Waals surface area contributed by atoms with Crippen LogP contribution in [0, 0.1) is 0 Å². The third-order valence-corrected chi connectivity index (χ3v) is 8.71. The van der Waals surface area contributed by atoms with Crippen molar-refractivity contribution in [2.24, 2.45) is 0 Å². The molecule has 184 valence electrons. The van der Waals surface area contributed by atoms with E-state index in [9.17, 15) is 0 Å². The third-order valence-electron chi connectivity index (χ3n) is 7.55. The molecule has 8 rings (SSSR count). The molecule has 0 spiro atoms. The normalized spacial score (nSPS) is 11.6. The van der Waals surface area contributed by atoms with E-state index in [1.54, 1.807) is 0 Å². The summed E-state index contributed by atoms with van der Waals surface area (Å²) in [5.41, 5.74) is 7.20. The number of nitrogens with zero attached hydrogens (tertiary/aromatic N) is 2. The summed E-state index contributed by atoms with van der Waals surface area (Å²) < 4.78 is 5.07. The van der Waals surface area contributed by atoms with Crippen molar-refractivity contribution in [1.29, 1.82) is 0 Å². The number of anilines is 3. The molecule has 39 heavy (non-hydrogen) atoms. The largest absolute Gasteiger partial charge is 0.310 e. The van der Waals surface area contributed by atoms with Gasteiger partial charge in [0.1, 0.15) is 0 Å². The third kappa shape index (κ3) is 3.41. The Labute approximate surface area is 230 Å². The van der Waals surface area contributed by atoms with Crippen LogP contribution >= 0.6 is 11.3 Å². The van der Waals surface area contributed by atoms with Crippen molar-refractivity contribution in [3.8, 4) is 5.69 Å². The first kappa shape index (κ1) is 22.2. The van der Waals surface area contributed by atoms with Crippen molar-refractivity contribution in [3.05, 3.63) is 146 Å². The van der Waals surface area contributed by atoms with Crippen LogP contribution in [0.2, 0.25) is 0 Å². The zero-order valence-corrected chi connectivity index (χ0v) is 22.0. The molecule has 0 bridgehead atoms. The number of para-hydroxylation sites is 4. The van der Waals surface area contributed by atoms with Crippen LogP contribution in [0.4, 0.5) is 17.1 Å². The lowest BCUT2D eigenvalue weighted by Crippen LogP contribution is -2.10. The fraction of sp³-hybridized carbons (Fsp3) is 0. The van der Waals surface area contributed by atoms with Gasteiger partial charge in [0.05, 0.1) is 21.4 Å². The average Bonchev–Trinajstić information content (AvgIpc) is 3.53. The molecule has 0 saturated carbocycles. The molecule has 0 N–H and O–H groups in total. The average molecular weight is 517 g/mol. The molecule has 0 aliphatic rings. The number of fused-ring (bicyclic) bond motifs is 7. The van der Waals surface area contributed by atoms with E-state index in [1.807, 2.05) is 11.3 Å². The van der Waals surface area contributed by atoms with Gasteiger partial charge in [-0.3, -0.25) is 0 Å². The lowest BCUT2D eigenvalue weighted by atomic mass is 10.0. The van der Waals surface area contributed by atoms with Crippen LogP contribution in [0.15, 0.2) is 146 Å². The van der Waals surface area contributed by atoms with E-state index in [4.69, 9.17) is 0 Å². The van der Waals surface area contributed by atoms with E-state index >= 15 is 0 Å². The van der Waals surface area contributed by atoms with Gasteiger partial charge in [-0.15, -0.1) is 11.3 Å². The molecule has 3 heteroatoms. The van der Waals surface area contributed by atoms with Crippen LogP contribution in [-0.2, 0) is 0 Å². The van der Waals surface area contributed by atoms with Gasteiger partial charge >= 0.3 is 0 Å². The predicted molar refractivity (Wildman–Crippen MR) is 168 cm³/mol. The first-order valence-electron chi connectivity index (χ1n) is 13.2. The minimum absolute atomic E-state index is 1.15. The molecule has 0 saturated heterocycles. The second-order valence-corrected chi connectivity index (χ2v) is 10.8. The Bertz CT molecular complexity index is 2070. The summed E-state index contributed by atoms with van der Waals surface area (Å²) in [7, 11) is 0. The first-order chi connectivity index (χ1) is 19.4. The highest BCUT2D eigenvalue weighted by Gasteiger charge is 2.23. The first-order valence-corrected chi connectivity index (χ1v) is 14.0. The van der Waals surface area contributed by atoms with E-state index in [0.717, 1.165) is 11.4 Å². The van der Waals surface area contributed by atoms with Gasteiger partial charge in [0, 0.05) is 37.9 Å². The summed E-state index contributed by atoms with van der Waals surface area (Å²) in [6.07, 6.45) is 0. The van der Waals surface area contributed by atoms with Crippen LogP contribution in [0.3, 0.4) is 0 Å². The highest BCUT2D eigenvalue weighted by Crippen LogP contribution is 2.49. The molecule has 6 aromatic carbocycles. The van der Waals surface area contributed by atoms with E-state index in [2.05, 4.69) is 155 Å². The Morgan fingerprint density at radius 3 is 1.72 bits per heavy atom. The van der Waals surface area contributed by atoms with E-state index in [1.165, 1.54) is 53.4 Å². The van der Waals surface area contributed by atoms with E-state index in [0.29, 0.717) is 0 Å². The second-order valence-electron chi connectivity index (χ2n) is 9.79. The summed E-state index contributed by atoms with van der Waals surface area (Å²) >= 11 is 1.90. The summed E-state index contributed by atoms with van der Waals surface area (Å²) in [6.45, 7) is 0. The minimum atomic E-state index is 1.15. The molecule has 2 nitrogen and oxygen atoms in total. The highest BCUT2D eigenvalue weighted by atomic mass is 32.1. The Kier molecular flexibility index (Phi) is 5.04. The fourth-order valence-electron chi connectivity index (χ4n) is 5.92. The molecular formula is C36H24N2S. The van der Waals surface area contributed by atoms with Crippen LogP contribution in [0.25, 0.3) is 47.7 Å². The maximum absolute atomic E-state index is 2.45.